The maximum Gasteiger partial charge on any atom is 0.257 e. The predicted octanol–water partition coefficient (Wildman–Crippen LogP) is 5.01. The van der Waals surface area contributed by atoms with Crippen LogP contribution in [0.15, 0.2) is 54.8 Å². The highest BCUT2D eigenvalue weighted by Crippen LogP contribution is 2.23. The third-order valence-corrected chi connectivity index (χ3v) is 4.73. The molecule has 2 aromatic carbocycles. The fraction of sp³-hybridized carbons (Fsp3) is 0.143. The molecule has 0 atom stereocenters. The van der Waals surface area contributed by atoms with E-state index in [4.69, 9.17) is 39.5 Å². The van der Waals surface area contributed by atoms with E-state index in [1.807, 2.05) is 0 Å². The predicted molar refractivity (Wildman–Crippen MR) is 117 cm³/mol. The van der Waals surface area contributed by atoms with Crippen LogP contribution >= 0.6 is 34.8 Å². The van der Waals surface area contributed by atoms with Crippen molar-refractivity contribution in [3.05, 3.63) is 81.2 Å². The number of carbonyl (C=O) groups excluding carboxylic acids is 2. The number of ether oxygens (including phenoxy) is 1. The Kier molecular flexibility index (Phi) is 9.17. The summed E-state index contributed by atoms with van der Waals surface area (Å²) in [5.74, 6) is -1.21. The molecule has 0 aliphatic carbocycles. The Morgan fingerprint density at radius 3 is 2.50 bits per heavy atom. The molecule has 0 unspecified atom stereocenters. The molecule has 30 heavy (non-hydrogen) atoms. The van der Waals surface area contributed by atoms with Crippen molar-refractivity contribution in [2.75, 3.05) is 13.2 Å². The molecular weight excluding hydrogens is 454 g/mol. The van der Waals surface area contributed by atoms with Crippen molar-refractivity contribution in [3.8, 4) is 5.75 Å². The second-order valence-corrected chi connectivity index (χ2v) is 7.29. The first-order chi connectivity index (χ1) is 14.2. The smallest absolute Gasteiger partial charge is 0.257 e. The lowest BCUT2D eigenvalue weighted by Gasteiger charge is -2.09. The first-order valence-corrected chi connectivity index (χ1v) is 9.84. The van der Waals surface area contributed by atoms with Gasteiger partial charge < -0.3 is 15.4 Å². The Bertz CT molecular complexity index is 980. The van der Waals surface area contributed by atoms with Crippen molar-refractivity contribution in [2.24, 2.45) is 0 Å². The number of rotatable bonds is 9. The van der Waals surface area contributed by atoms with Gasteiger partial charge in [0.05, 0.1) is 15.1 Å². The lowest BCUT2D eigenvalue weighted by Crippen LogP contribution is -2.31. The van der Waals surface area contributed by atoms with Crippen molar-refractivity contribution >= 4 is 52.7 Å². The summed E-state index contributed by atoms with van der Waals surface area (Å²) < 4.78 is 18.5. The Morgan fingerprint density at radius 2 is 1.80 bits per heavy atom. The standard InChI is InChI=1S/C21H18Cl3FN2O3/c1-13(27-20(28)7-3-14-2-5-16(22)18(24)10-14)8-9-26-21(29)12-30-15-4-6-17(23)19(25)11-15/h2-7,10-11H,1,8-9,12H2,(H,26,29)(H,27,28)/b7-3+. The summed E-state index contributed by atoms with van der Waals surface area (Å²) in [6.45, 7) is 3.70. The minimum absolute atomic E-state index is 0.0285. The summed E-state index contributed by atoms with van der Waals surface area (Å²) in [5, 5.41) is 6.01. The fourth-order valence-corrected chi connectivity index (χ4v) is 2.61. The number of amides is 2. The van der Waals surface area contributed by atoms with Gasteiger partial charge in [-0.15, -0.1) is 0 Å². The number of carbonyl (C=O) groups is 2. The van der Waals surface area contributed by atoms with Crippen molar-refractivity contribution in [3.63, 3.8) is 0 Å². The first-order valence-electron chi connectivity index (χ1n) is 8.71. The minimum Gasteiger partial charge on any atom is -0.484 e. The van der Waals surface area contributed by atoms with Crippen molar-refractivity contribution < 1.29 is 18.7 Å². The van der Waals surface area contributed by atoms with E-state index in [-0.39, 0.29) is 29.8 Å². The quantitative estimate of drug-likeness (QED) is 0.505. The number of hydrogen-bond donors (Lipinski definition) is 2. The van der Waals surface area contributed by atoms with Crippen molar-refractivity contribution in [1.82, 2.24) is 10.6 Å². The third kappa shape index (κ3) is 8.06. The van der Waals surface area contributed by atoms with Crippen molar-refractivity contribution in [2.45, 2.75) is 6.42 Å². The number of nitrogens with one attached hydrogen (secondary N) is 2. The van der Waals surface area contributed by atoms with Gasteiger partial charge >= 0.3 is 0 Å². The van der Waals surface area contributed by atoms with Crippen LogP contribution in [0.3, 0.4) is 0 Å². The fourth-order valence-electron chi connectivity index (χ4n) is 2.19. The maximum atomic E-state index is 13.3. The summed E-state index contributed by atoms with van der Waals surface area (Å²) in [4.78, 5) is 23.7. The highest BCUT2D eigenvalue weighted by Gasteiger charge is 2.06. The highest BCUT2D eigenvalue weighted by atomic mass is 35.5. The van der Waals surface area contributed by atoms with Gasteiger partial charge in [0.15, 0.2) is 6.61 Å². The number of benzene rings is 2. The molecule has 0 heterocycles. The van der Waals surface area contributed by atoms with E-state index in [0.717, 1.165) is 11.6 Å². The second-order valence-electron chi connectivity index (χ2n) is 6.06. The summed E-state index contributed by atoms with van der Waals surface area (Å²) >= 11 is 17.3. The molecule has 0 spiro atoms. The molecule has 0 bridgehead atoms. The number of halogens is 4. The zero-order valence-corrected chi connectivity index (χ0v) is 18.0. The molecule has 0 radical (unpaired) electrons. The molecule has 9 heteroatoms. The zero-order chi connectivity index (χ0) is 22.1. The summed E-state index contributed by atoms with van der Waals surface area (Å²) in [7, 11) is 0. The molecule has 0 aromatic heterocycles. The monoisotopic (exact) mass is 470 g/mol. The summed E-state index contributed by atoms with van der Waals surface area (Å²) in [5.41, 5.74) is 1.15. The van der Waals surface area contributed by atoms with Crippen LogP contribution in [-0.4, -0.2) is 25.0 Å². The minimum atomic E-state index is -0.630. The average molecular weight is 472 g/mol. The van der Waals surface area contributed by atoms with E-state index in [1.165, 1.54) is 18.2 Å². The highest BCUT2D eigenvalue weighted by molar-refractivity contribution is 6.42. The van der Waals surface area contributed by atoms with E-state index in [2.05, 4.69) is 17.2 Å². The van der Waals surface area contributed by atoms with Gasteiger partial charge in [0.25, 0.3) is 5.91 Å². The van der Waals surface area contributed by atoms with E-state index < -0.39 is 11.7 Å². The van der Waals surface area contributed by atoms with Crippen LogP contribution in [0.4, 0.5) is 4.39 Å². The Labute approximate surface area is 188 Å². The summed E-state index contributed by atoms with van der Waals surface area (Å²) in [6.07, 6.45) is 3.25. The molecule has 0 aliphatic heterocycles. The van der Waals surface area contributed by atoms with Crippen LogP contribution in [0, 0.1) is 5.82 Å². The van der Waals surface area contributed by atoms with Crippen molar-refractivity contribution in [1.29, 1.82) is 0 Å². The lowest BCUT2D eigenvalue weighted by molar-refractivity contribution is -0.123. The molecule has 5 nitrogen and oxygen atoms in total. The van der Waals surface area contributed by atoms with E-state index >= 15 is 0 Å². The Hall–Kier alpha value is -2.54. The van der Waals surface area contributed by atoms with Crippen LogP contribution in [0.25, 0.3) is 6.08 Å². The molecule has 2 aromatic rings. The molecule has 2 N–H and O–H groups in total. The van der Waals surface area contributed by atoms with Gasteiger partial charge in [0.1, 0.15) is 11.6 Å². The van der Waals surface area contributed by atoms with Crippen LogP contribution in [0.1, 0.15) is 12.0 Å². The first kappa shape index (κ1) is 23.7. The normalized spacial score (nSPS) is 10.7. The summed E-state index contributed by atoms with van der Waals surface area (Å²) in [6, 6.07) is 8.89. The van der Waals surface area contributed by atoms with Crippen LogP contribution in [0.2, 0.25) is 15.1 Å². The largest absolute Gasteiger partial charge is 0.484 e. The Balaban J connectivity index is 1.67. The lowest BCUT2D eigenvalue weighted by atomic mass is 10.2. The van der Waals surface area contributed by atoms with Gasteiger partial charge in [0, 0.05) is 30.8 Å². The van der Waals surface area contributed by atoms with Gasteiger partial charge in [-0.25, -0.2) is 4.39 Å². The van der Waals surface area contributed by atoms with E-state index in [1.54, 1.807) is 24.3 Å². The maximum absolute atomic E-state index is 13.3. The molecule has 158 valence electrons. The second kappa shape index (κ2) is 11.6. The molecule has 0 saturated carbocycles. The van der Waals surface area contributed by atoms with E-state index in [0.29, 0.717) is 22.2 Å². The number of hydrogen-bond acceptors (Lipinski definition) is 3. The molecule has 0 aliphatic rings. The average Bonchev–Trinajstić information content (AvgIpc) is 2.69. The van der Waals surface area contributed by atoms with Gasteiger partial charge in [-0.1, -0.05) is 47.4 Å². The topological polar surface area (TPSA) is 67.4 Å². The van der Waals surface area contributed by atoms with Crippen LogP contribution in [0.5, 0.6) is 5.75 Å². The third-order valence-electron chi connectivity index (χ3n) is 3.68. The van der Waals surface area contributed by atoms with Crippen LogP contribution < -0.4 is 15.4 Å². The van der Waals surface area contributed by atoms with E-state index in [9.17, 15) is 14.0 Å². The molecule has 2 amide bonds. The van der Waals surface area contributed by atoms with Gasteiger partial charge in [0.2, 0.25) is 5.91 Å². The van der Waals surface area contributed by atoms with Crippen LogP contribution in [-0.2, 0) is 9.59 Å². The Morgan fingerprint density at radius 1 is 1.07 bits per heavy atom. The van der Waals surface area contributed by atoms with Gasteiger partial charge in [-0.05, 0) is 35.9 Å². The molecule has 2 rings (SSSR count). The van der Waals surface area contributed by atoms with Gasteiger partial charge in [-0.2, -0.15) is 0 Å². The SMILES string of the molecule is C=C(CCNC(=O)COc1ccc(Cl)c(F)c1)NC(=O)/C=C/c1ccc(Cl)c(Cl)c1. The van der Waals surface area contributed by atoms with Gasteiger partial charge in [-0.3, -0.25) is 9.59 Å². The molecule has 0 fully saturated rings. The zero-order valence-electron chi connectivity index (χ0n) is 15.7. The molecular formula is C21H18Cl3FN2O3. The molecule has 0 saturated heterocycles.